The Kier molecular flexibility index (Phi) is 7.18. The van der Waals surface area contributed by atoms with Crippen LogP contribution in [0.3, 0.4) is 0 Å². The van der Waals surface area contributed by atoms with E-state index in [2.05, 4.69) is 10.4 Å². The molecule has 0 spiro atoms. The maximum absolute atomic E-state index is 13.9. The van der Waals surface area contributed by atoms with Crippen LogP contribution in [0.5, 0.6) is 5.75 Å². The van der Waals surface area contributed by atoms with Crippen LogP contribution in [0.2, 0.25) is 0 Å². The number of nitro benzene ring substituents is 1. The van der Waals surface area contributed by atoms with Gasteiger partial charge in [0.2, 0.25) is 0 Å². The quantitative estimate of drug-likeness (QED) is 0.144. The molecular formula is C25H18F4N4O4. The Balaban J connectivity index is 1.43. The molecule has 1 aromatic heterocycles. The molecule has 37 heavy (non-hydrogen) atoms. The Morgan fingerprint density at radius 1 is 1.05 bits per heavy atom. The molecule has 0 radical (unpaired) electrons. The van der Waals surface area contributed by atoms with Gasteiger partial charge in [0.25, 0.3) is 5.91 Å². The molecule has 1 N–H and O–H groups in total. The Hall–Kier alpha value is -4.74. The number of halogens is 4. The van der Waals surface area contributed by atoms with Gasteiger partial charge in [0.05, 0.1) is 17.0 Å². The lowest BCUT2D eigenvalue weighted by Crippen LogP contribution is -2.14. The van der Waals surface area contributed by atoms with Gasteiger partial charge < -0.3 is 10.1 Å². The molecule has 0 bridgehead atoms. The van der Waals surface area contributed by atoms with Crippen LogP contribution >= 0.6 is 0 Å². The Labute approximate surface area is 207 Å². The lowest BCUT2D eigenvalue weighted by atomic mass is 10.1. The van der Waals surface area contributed by atoms with Gasteiger partial charge >= 0.3 is 5.69 Å². The van der Waals surface area contributed by atoms with E-state index in [1.807, 2.05) is 0 Å². The highest BCUT2D eigenvalue weighted by atomic mass is 19.2. The molecule has 1 amide bonds. The van der Waals surface area contributed by atoms with Crippen molar-refractivity contribution in [3.63, 3.8) is 0 Å². The predicted molar refractivity (Wildman–Crippen MR) is 124 cm³/mol. The van der Waals surface area contributed by atoms with Gasteiger partial charge in [0.15, 0.2) is 34.8 Å². The average molecular weight is 514 g/mol. The minimum atomic E-state index is -1.53. The first-order valence-corrected chi connectivity index (χ1v) is 10.8. The van der Waals surface area contributed by atoms with Gasteiger partial charge in [-0.25, -0.2) is 17.6 Å². The summed E-state index contributed by atoms with van der Waals surface area (Å²) in [6, 6.07) is 12.3. The zero-order valence-corrected chi connectivity index (χ0v) is 19.2. The van der Waals surface area contributed by atoms with Crippen LogP contribution in [-0.4, -0.2) is 20.6 Å². The molecule has 0 saturated heterocycles. The molecule has 4 rings (SSSR count). The van der Waals surface area contributed by atoms with Crippen LogP contribution in [-0.2, 0) is 13.2 Å². The fraction of sp³-hybridized carbons (Fsp3) is 0.120. The van der Waals surface area contributed by atoms with Gasteiger partial charge in [-0.15, -0.1) is 0 Å². The van der Waals surface area contributed by atoms with Crippen LogP contribution in [0.4, 0.5) is 29.1 Å². The minimum absolute atomic E-state index is 0.0274. The smallest absolute Gasteiger partial charge is 0.311 e. The normalized spacial score (nSPS) is 10.8. The summed E-state index contributed by atoms with van der Waals surface area (Å²) in [4.78, 5) is 23.4. The zero-order chi connectivity index (χ0) is 26.7. The third kappa shape index (κ3) is 5.74. The molecule has 0 fully saturated rings. The van der Waals surface area contributed by atoms with Crippen molar-refractivity contribution < 1.29 is 32.0 Å². The largest absolute Gasteiger partial charge is 0.482 e. The number of hydrogen-bond donors (Lipinski definition) is 1. The van der Waals surface area contributed by atoms with E-state index in [0.717, 1.165) is 4.68 Å². The fourth-order valence-electron chi connectivity index (χ4n) is 3.48. The van der Waals surface area contributed by atoms with E-state index >= 15 is 0 Å². The first-order valence-electron chi connectivity index (χ1n) is 10.8. The number of rotatable bonds is 8. The number of nitrogens with zero attached hydrogens (tertiary/aromatic N) is 3. The molecule has 0 aliphatic carbocycles. The van der Waals surface area contributed by atoms with E-state index in [-0.39, 0.29) is 35.5 Å². The molecule has 3 aromatic carbocycles. The monoisotopic (exact) mass is 514 g/mol. The molecule has 4 aromatic rings. The number of hydrogen-bond acceptors (Lipinski definition) is 5. The van der Waals surface area contributed by atoms with Gasteiger partial charge in [-0.3, -0.25) is 19.6 Å². The van der Waals surface area contributed by atoms with Crippen LogP contribution in [0.25, 0.3) is 0 Å². The summed E-state index contributed by atoms with van der Waals surface area (Å²) >= 11 is 0. The zero-order valence-electron chi connectivity index (χ0n) is 19.2. The van der Waals surface area contributed by atoms with E-state index in [1.54, 1.807) is 25.1 Å². The van der Waals surface area contributed by atoms with Crippen molar-refractivity contribution in [1.29, 1.82) is 0 Å². The molecule has 1 heterocycles. The predicted octanol–water partition coefficient (Wildman–Crippen LogP) is 5.54. The number of carbonyl (C=O) groups is 1. The number of aromatic nitrogens is 2. The number of nitrogens with one attached hydrogen (secondary N) is 1. The highest BCUT2D eigenvalue weighted by Gasteiger charge is 2.20. The third-order valence-corrected chi connectivity index (χ3v) is 5.30. The first-order chi connectivity index (χ1) is 17.6. The average Bonchev–Trinajstić information content (AvgIpc) is 3.31. The van der Waals surface area contributed by atoms with Crippen molar-refractivity contribution >= 4 is 17.4 Å². The van der Waals surface area contributed by atoms with Crippen molar-refractivity contribution in [1.82, 2.24) is 9.78 Å². The Morgan fingerprint density at radius 2 is 1.78 bits per heavy atom. The standard InChI is InChI=1S/C25H18F4N4O4/c1-14-5-6-21(20(9-14)33(35)36)37-13-15-3-2-4-16(10-15)25(34)30-22-7-8-32(31-22)12-17-23(28)18(26)11-19(27)24(17)29/h2-11H,12-13H2,1H3,(H,30,31,34). The summed E-state index contributed by atoms with van der Waals surface area (Å²) in [5, 5.41) is 17.7. The number of benzene rings is 3. The van der Waals surface area contributed by atoms with Crippen LogP contribution in [0.1, 0.15) is 27.0 Å². The number of aryl methyl sites for hydroxylation is 1. The van der Waals surface area contributed by atoms with Crippen LogP contribution in [0, 0.1) is 40.3 Å². The van der Waals surface area contributed by atoms with Crippen LogP contribution < -0.4 is 10.1 Å². The number of nitro groups is 1. The summed E-state index contributed by atoms with van der Waals surface area (Å²) < 4.78 is 61.3. The molecular weight excluding hydrogens is 496 g/mol. The molecule has 0 unspecified atom stereocenters. The maximum Gasteiger partial charge on any atom is 0.311 e. The number of anilines is 1. The second kappa shape index (κ2) is 10.5. The van der Waals surface area contributed by atoms with Crippen molar-refractivity contribution in [2.75, 3.05) is 5.32 Å². The number of amides is 1. The summed E-state index contributed by atoms with van der Waals surface area (Å²) in [5.41, 5.74) is 0.467. The van der Waals surface area contributed by atoms with Gasteiger partial charge in [-0.05, 0) is 36.2 Å². The molecule has 190 valence electrons. The Morgan fingerprint density at radius 3 is 2.49 bits per heavy atom. The van der Waals surface area contributed by atoms with Gasteiger partial charge in [0.1, 0.15) is 6.61 Å². The fourth-order valence-corrected chi connectivity index (χ4v) is 3.48. The first kappa shape index (κ1) is 25.4. The summed E-state index contributed by atoms with van der Waals surface area (Å²) in [6.07, 6.45) is 1.27. The van der Waals surface area contributed by atoms with E-state index in [9.17, 15) is 32.5 Å². The van der Waals surface area contributed by atoms with Crippen molar-refractivity contribution in [2.45, 2.75) is 20.1 Å². The van der Waals surface area contributed by atoms with Crippen molar-refractivity contribution in [2.24, 2.45) is 0 Å². The molecule has 12 heteroatoms. The van der Waals surface area contributed by atoms with Gasteiger partial charge in [0, 0.05) is 30.0 Å². The van der Waals surface area contributed by atoms with E-state index in [1.165, 1.54) is 36.5 Å². The van der Waals surface area contributed by atoms with E-state index < -0.39 is 46.2 Å². The molecule has 8 nitrogen and oxygen atoms in total. The van der Waals surface area contributed by atoms with Gasteiger partial charge in [-0.2, -0.15) is 5.10 Å². The summed E-state index contributed by atoms with van der Waals surface area (Å²) in [5.74, 6) is -6.58. The SMILES string of the molecule is Cc1ccc(OCc2cccc(C(=O)Nc3ccn(Cc4c(F)c(F)cc(F)c4F)n3)c2)c([N+](=O)[O-])c1. The lowest BCUT2D eigenvalue weighted by molar-refractivity contribution is -0.386. The number of carbonyl (C=O) groups excluding carboxylic acids is 1. The second-order valence-electron chi connectivity index (χ2n) is 8.02. The topological polar surface area (TPSA) is 99.3 Å². The molecule has 0 saturated carbocycles. The van der Waals surface area contributed by atoms with Crippen molar-refractivity contribution in [3.05, 3.63) is 116 Å². The maximum atomic E-state index is 13.9. The van der Waals surface area contributed by atoms with Crippen molar-refractivity contribution in [3.8, 4) is 5.75 Å². The third-order valence-electron chi connectivity index (χ3n) is 5.30. The molecule has 0 aliphatic rings. The van der Waals surface area contributed by atoms with Crippen LogP contribution in [0.15, 0.2) is 60.8 Å². The van der Waals surface area contributed by atoms with Gasteiger partial charge in [-0.1, -0.05) is 18.2 Å². The Bertz CT molecular complexity index is 1480. The number of ether oxygens (including phenoxy) is 1. The minimum Gasteiger partial charge on any atom is -0.482 e. The summed E-state index contributed by atoms with van der Waals surface area (Å²) in [6.45, 7) is 1.07. The second-order valence-corrected chi connectivity index (χ2v) is 8.02. The van der Waals surface area contributed by atoms with E-state index in [4.69, 9.17) is 4.74 Å². The highest BCUT2D eigenvalue weighted by molar-refractivity contribution is 6.03. The molecule has 0 atom stereocenters. The van der Waals surface area contributed by atoms with E-state index in [0.29, 0.717) is 11.1 Å². The lowest BCUT2D eigenvalue weighted by Gasteiger charge is -2.09. The summed E-state index contributed by atoms with van der Waals surface area (Å²) in [7, 11) is 0. The molecule has 0 aliphatic heterocycles. The highest BCUT2D eigenvalue weighted by Crippen LogP contribution is 2.28.